The van der Waals surface area contributed by atoms with Gasteiger partial charge in [0.1, 0.15) is 11.9 Å². The fourth-order valence-corrected chi connectivity index (χ4v) is 7.41. The van der Waals surface area contributed by atoms with Gasteiger partial charge in [0.2, 0.25) is 0 Å². The summed E-state index contributed by atoms with van der Waals surface area (Å²) in [6.07, 6.45) is 7.79. The molecule has 6 heteroatoms. The van der Waals surface area contributed by atoms with Gasteiger partial charge in [-0.3, -0.25) is 14.4 Å². The van der Waals surface area contributed by atoms with E-state index in [1.165, 1.54) is 31.9 Å². The van der Waals surface area contributed by atoms with Crippen molar-refractivity contribution in [1.82, 2.24) is 0 Å². The molecule has 0 aromatic heterocycles. The van der Waals surface area contributed by atoms with Gasteiger partial charge in [0, 0.05) is 31.7 Å². The molecule has 6 rings (SSSR count). The van der Waals surface area contributed by atoms with Crippen LogP contribution in [0, 0.1) is 17.3 Å². The highest BCUT2D eigenvalue weighted by Gasteiger charge is 2.69. The molecule has 170 valence electrons. The largest absolute Gasteiger partial charge is 0.458 e. The van der Waals surface area contributed by atoms with Gasteiger partial charge in [-0.25, -0.2) is 0 Å². The van der Waals surface area contributed by atoms with Crippen LogP contribution in [-0.4, -0.2) is 29.6 Å². The quantitative estimate of drug-likeness (QED) is 0.516. The van der Waals surface area contributed by atoms with E-state index in [9.17, 15) is 14.4 Å². The topological polar surface area (TPSA) is 78.9 Å². The fraction of sp³-hybridized carbons (Fsp3) is 0.577. The standard InChI is InChI=1S/C26H30O6/c1-14(27)30-23-8-7-17-18-5-6-20-19(17)9-11-25(4)22(20)13-24(31-15(2)28)26(25,32-16(3)29)12-10-21(18)23/h7-8,10,12,19-20,22,24H,5-6,9,11,13H2,1-4H3/t19?,20-,22+,24-,25+,26-/m1/s1. The monoisotopic (exact) mass is 438 g/mol. The Bertz CT molecular complexity index is 1040. The average molecular weight is 439 g/mol. The molecule has 0 saturated heterocycles. The van der Waals surface area contributed by atoms with Gasteiger partial charge in [-0.15, -0.1) is 0 Å². The molecule has 2 fully saturated rings. The van der Waals surface area contributed by atoms with Crippen LogP contribution in [0.2, 0.25) is 0 Å². The minimum absolute atomic E-state index is 0.275. The zero-order valence-corrected chi connectivity index (χ0v) is 19.1. The molecular formula is C26H30O6. The third kappa shape index (κ3) is 2.87. The molecule has 2 saturated carbocycles. The first kappa shape index (κ1) is 21.2. The molecule has 1 aromatic rings. The highest BCUT2D eigenvalue weighted by atomic mass is 16.6. The molecule has 1 aromatic carbocycles. The van der Waals surface area contributed by atoms with Crippen molar-refractivity contribution in [3.05, 3.63) is 34.9 Å². The van der Waals surface area contributed by atoms with Gasteiger partial charge in [-0.1, -0.05) is 19.1 Å². The Morgan fingerprint density at radius 2 is 1.81 bits per heavy atom. The second-order valence-electron chi connectivity index (χ2n) is 10.1. The highest BCUT2D eigenvalue weighted by Crippen LogP contribution is 2.67. The molecular weight excluding hydrogens is 408 g/mol. The van der Waals surface area contributed by atoms with Gasteiger partial charge in [-0.2, -0.15) is 0 Å². The van der Waals surface area contributed by atoms with Crippen molar-refractivity contribution in [3.8, 4) is 5.75 Å². The molecule has 5 aliphatic rings. The molecule has 6 nitrogen and oxygen atoms in total. The van der Waals surface area contributed by atoms with Crippen LogP contribution < -0.4 is 4.74 Å². The van der Waals surface area contributed by atoms with Gasteiger partial charge in [0.25, 0.3) is 0 Å². The number of ether oxygens (including phenoxy) is 3. The average Bonchev–Trinajstić information content (AvgIpc) is 2.91. The minimum Gasteiger partial charge on any atom is -0.458 e. The Labute approximate surface area is 188 Å². The van der Waals surface area contributed by atoms with Crippen molar-refractivity contribution in [3.63, 3.8) is 0 Å². The molecule has 8 bridgehead atoms. The maximum absolute atomic E-state index is 12.4. The first-order chi connectivity index (χ1) is 15.2. The number of hydrogen-bond donors (Lipinski definition) is 0. The Kier molecular flexibility index (Phi) is 4.77. The minimum atomic E-state index is -1.06. The smallest absolute Gasteiger partial charge is 0.308 e. The zero-order valence-electron chi connectivity index (χ0n) is 19.1. The molecule has 0 N–H and O–H groups in total. The molecule has 0 aliphatic heterocycles. The lowest BCUT2D eigenvalue weighted by Gasteiger charge is -2.54. The number of hydrogen-bond acceptors (Lipinski definition) is 6. The number of rotatable bonds is 3. The molecule has 6 atom stereocenters. The Morgan fingerprint density at radius 1 is 1.03 bits per heavy atom. The summed E-state index contributed by atoms with van der Waals surface area (Å²) in [6.45, 7) is 6.41. The van der Waals surface area contributed by atoms with Crippen molar-refractivity contribution in [1.29, 1.82) is 0 Å². The van der Waals surface area contributed by atoms with Crippen LogP contribution in [0.3, 0.4) is 0 Å². The van der Waals surface area contributed by atoms with Crippen LogP contribution in [0.15, 0.2) is 18.2 Å². The third-order valence-corrected chi connectivity index (χ3v) is 8.52. The molecule has 0 amide bonds. The number of carbonyl (C=O) groups is 3. The van der Waals surface area contributed by atoms with E-state index in [0.717, 1.165) is 31.2 Å². The molecule has 0 spiro atoms. The first-order valence-corrected chi connectivity index (χ1v) is 11.6. The number of esters is 3. The summed E-state index contributed by atoms with van der Waals surface area (Å²) in [4.78, 5) is 36.2. The highest BCUT2D eigenvalue weighted by molar-refractivity contribution is 5.75. The van der Waals surface area contributed by atoms with Crippen molar-refractivity contribution in [2.24, 2.45) is 17.3 Å². The lowest BCUT2D eigenvalue weighted by molar-refractivity contribution is -0.188. The molecule has 1 unspecified atom stereocenters. The van der Waals surface area contributed by atoms with Gasteiger partial charge >= 0.3 is 17.9 Å². The number of benzene rings is 1. The predicted octanol–water partition coefficient (Wildman–Crippen LogP) is 4.34. The first-order valence-electron chi connectivity index (χ1n) is 11.6. The molecule has 32 heavy (non-hydrogen) atoms. The summed E-state index contributed by atoms with van der Waals surface area (Å²) in [5.41, 5.74) is 2.01. The molecule has 0 radical (unpaired) electrons. The Hall–Kier alpha value is -2.63. The van der Waals surface area contributed by atoms with E-state index < -0.39 is 17.7 Å². The SMILES string of the molecule is CC(=O)Oc1ccc2c3c1C=C[C@@]1(OC(C)=O)[C@H](OC(C)=O)C[C@H]4[C@H](CC3)C2CC[C@@]41C. The van der Waals surface area contributed by atoms with E-state index in [4.69, 9.17) is 14.2 Å². The van der Waals surface area contributed by atoms with Gasteiger partial charge in [-0.05, 0) is 73.1 Å². The maximum atomic E-state index is 12.4. The number of carbonyl (C=O) groups excluding carboxylic acids is 3. The normalized spacial score (nSPS) is 36.0. The predicted molar refractivity (Wildman–Crippen MR) is 117 cm³/mol. The van der Waals surface area contributed by atoms with E-state index in [1.807, 2.05) is 18.2 Å². The maximum Gasteiger partial charge on any atom is 0.308 e. The van der Waals surface area contributed by atoms with E-state index in [2.05, 4.69) is 13.0 Å². The van der Waals surface area contributed by atoms with Crippen LogP contribution >= 0.6 is 0 Å². The summed E-state index contributed by atoms with van der Waals surface area (Å²) < 4.78 is 17.5. The van der Waals surface area contributed by atoms with E-state index >= 15 is 0 Å². The van der Waals surface area contributed by atoms with Crippen LogP contribution in [0.1, 0.15) is 76.0 Å². The number of fused-ring (bicyclic) bond motifs is 1. The Morgan fingerprint density at radius 3 is 2.50 bits per heavy atom. The third-order valence-electron chi connectivity index (χ3n) is 8.52. The fourth-order valence-electron chi connectivity index (χ4n) is 7.41. The second-order valence-corrected chi connectivity index (χ2v) is 10.1. The lowest BCUT2D eigenvalue weighted by atomic mass is 9.52. The Balaban J connectivity index is 1.78. The van der Waals surface area contributed by atoms with E-state index in [-0.39, 0.29) is 23.3 Å². The van der Waals surface area contributed by atoms with Crippen LogP contribution in [0.4, 0.5) is 0 Å². The van der Waals surface area contributed by atoms with Crippen molar-refractivity contribution >= 4 is 24.0 Å². The van der Waals surface area contributed by atoms with Crippen molar-refractivity contribution in [2.45, 2.75) is 77.4 Å². The summed E-state index contributed by atoms with van der Waals surface area (Å²) >= 11 is 0. The lowest BCUT2D eigenvalue weighted by Crippen LogP contribution is -2.56. The summed E-state index contributed by atoms with van der Waals surface area (Å²) in [5, 5.41) is 0. The molecule has 5 aliphatic carbocycles. The summed E-state index contributed by atoms with van der Waals surface area (Å²) in [7, 11) is 0. The van der Waals surface area contributed by atoms with E-state index in [1.54, 1.807) is 0 Å². The zero-order chi connectivity index (χ0) is 22.8. The van der Waals surface area contributed by atoms with Crippen LogP contribution in [-0.2, 0) is 30.3 Å². The van der Waals surface area contributed by atoms with Gasteiger partial charge in [0.15, 0.2) is 5.60 Å². The van der Waals surface area contributed by atoms with E-state index in [0.29, 0.717) is 24.0 Å². The van der Waals surface area contributed by atoms with Crippen LogP contribution in [0.25, 0.3) is 6.08 Å². The van der Waals surface area contributed by atoms with Crippen molar-refractivity contribution < 1.29 is 28.6 Å². The van der Waals surface area contributed by atoms with Gasteiger partial charge < -0.3 is 14.2 Å². The second kappa shape index (κ2) is 7.19. The summed E-state index contributed by atoms with van der Waals surface area (Å²) in [5.74, 6) is 0.483. The van der Waals surface area contributed by atoms with Gasteiger partial charge in [0.05, 0.1) is 0 Å². The van der Waals surface area contributed by atoms with Crippen molar-refractivity contribution in [2.75, 3.05) is 0 Å². The molecule has 0 heterocycles. The van der Waals surface area contributed by atoms with Crippen LogP contribution in [0.5, 0.6) is 5.75 Å². The summed E-state index contributed by atoms with van der Waals surface area (Å²) in [6, 6.07) is 4.02.